The second-order valence-corrected chi connectivity index (χ2v) is 4.86. The van der Waals surface area contributed by atoms with Crippen molar-refractivity contribution in [1.82, 2.24) is 14.8 Å². The summed E-state index contributed by atoms with van der Waals surface area (Å²) in [5.74, 6) is -0.497. The Morgan fingerprint density at radius 3 is 3.05 bits per heavy atom. The molecule has 0 radical (unpaired) electrons. The standard InChI is InChI=1S/C14H15N3O4/c1-20-14(19)9-6-10-11(8-18)16-17(13(10)15-7-9)12-4-2-3-5-21-12/h6-8,12H,2-5H2,1H3. The molecule has 1 unspecified atom stereocenters. The van der Waals surface area contributed by atoms with E-state index in [4.69, 9.17) is 4.74 Å². The molecule has 21 heavy (non-hydrogen) atoms. The molecule has 1 aliphatic rings. The third-order valence-electron chi connectivity index (χ3n) is 3.54. The highest BCUT2D eigenvalue weighted by atomic mass is 16.5. The van der Waals surface area contributed by atoms with Crippen LogP contribution in [0.2, 0.25) is 0 Å². The van der Waals surface area contributed by atoms with Crippen LogP contribution in [0.4, 0.5) is 0 Å². The van der Waals surface area contributed by atoms with Crippen LogP contribution >= 0.6 is 0 Å². The summed E-state index contributed by atoms with van der Waals surface area (Å²) >= 11 is 0. The summed E-state index contributed by atoms with van der Waals surface area (Å²) in [6, 6.07) is 1.57. The van der Waals surface area contributed by atoms with Crippen molar-refractivity contribution in [2.45, 2.75) is 25.5 Å². The Labute approximate surface area is 120 Å². The number of rotatable bonds is 3. The van der Waals surface area contributed by atoms with E-state index in [0.29, 0.717) is 23.9 Å². The Kier molecular flexibility index (Phi) is 3.66. The lowest BCUT2D eigenvalue weighted by Crippen LogP contribution is -2.19. The Morgan fingerprint density at radius 1 is 1.52 bits per heavy atom. The minimum absolute atomic E-state index is 0.216. The molecule has 0 saturated carbocycles. The van der Waals surface area contributed by atoms with Crippen molar-refractivity contribution < 1.29 is 19.1 Å². The van der Waals surface area contributed by atoms with Gasteiger partial charge >= 0.3 is 5.97 Å². The molecule has 2 aromatic heterocycles. The summed E-state index contributed by atoms with van der Waals surface area (Å²) in [4.78, 5) is 27.0. The normalized spacial score (nSPS) is 18.6. The number of carbonyl (C=O) groups is 2. The quantitative estimate of drug-likeness (QED) is 0.632. The number of methoxy groups -OCH3 is 1. The number of esters is 1. The largest absolute Gasteiger partial charge is 0.465 e. The van der Waals surface area contributed by atoms with Gasteiger partial charge in [0.25, 0.3) is 0 Å². The first-order chi connectivity index (χ1) is 10.2. The number of ether oxygens (including phenoxy) is 2. The van der Waals surface area contributed by atoms with E-state index in [9.17, 15) is 9.59 Å². The maximum atomic E-state index is 11.6. The number of hydrogen-bond donors (Lipinski definition) is 0. The average molecular weight is 289 g/mol. The smallest absolute Gasteiger partial charge is 0.339 e. The molecule has 3 rings (SSSR count). The highest BCUT2D eigenvalue weighted by Gasteiger charge is 2.22. The Morgan fingerprint density at radius 2 is 2.38 bits per heavy atom. The van der Waals surface area contributed by atoms with Gasteiger partial charge in [-0.15, -0.1) is 0 Å². The van der Waals surface area contributed by atoms with Gasteiger partial charge in [-0.25, -0.2) is 14.5 Å². The van der Waals surface area contributed by atoms with Crippen LogP contribution in [0.15, 0.2) is 12.3 Å². The summed E-state index contributed by atoms with van der Waals surface area (Å²) in [5, 5.41) is 4.80. The van der Waals surface area contributed by atoms with Gasteiger partial charge in [0.2, 0.25) is 0 Å². The minimum atomic E-state index is -0.497. The number of aldehydes is 1. The van der Waals surface area contributed by atoms with Crippen molar-refractivity contribution in [3.05, 3.63) is 23.5 Å². The average Bonchev–Trinajstić information content (AvgIpc) is 2.92. The summed E-state index contributed by atoms with van der Waals surface area (Å²) in [7, 11) is 1.30. The van der Waals surface area contributed by atoms with Crippen molar-refractivity contribution >= 4 is 23.3 Å². The monoisotopic (exact) mass is 289 g/mol. The second kappa shape index (κ2) is 5.61. The summed E-state index contributed by atoms with van der Waals surface area (Å²) < 4.78 is 12.0. The topological polar surface area (TPSA) is 83.3 Å². The summed E-state index contributed by atoms with van der Waals surface area (Å²) in [5.41, 5.74) is 1.08. The van der Waals surface area contributed by atoms with E-state index in [1.807, 2.05) is 0 Å². The zero-order valence-electron chi connectivity index (χ0n) is 11.6. The summed E-state index contributed by atoms with van der Waals surface area (Å²) in [6.45, 7) is 0.669. The van der Waals surface area contributed by atoms with E-state index in [-0.39, 0.29) is 17.5 Å². The van der Waals surface area contributed by atoms with Crippen LogP contribution in [0.3, 0.4) is 0 Å². The Balaban J connectivity index is 2.10. The van der Waals surface area contributed by atoms with E-state index < -0.39 is 5.97 Å². The molecular weight excluding hydrogens is 274 g/mol. The molecule has 3 heterocycles. The molecule has 0 spiro atoms. The van der Waals surface area contributed by atoms with Crippen molar-refractivity contribution in [1.29, 1.82) is 0 Å². The van der Waals surface area contributed by atoms with Crippen LogP contribution in [-0.4, -0.2) is 40.7 Å². The molecule has 0 aromatic carbocycles. The number of nitrogens with zero attached hydrogens (tertiary/aromatic N) is 3. The van der Waals surface area contributed by atoms with Gasteiger partial charge in [-0.3, -0.25) is 4.79 Å². The molecule has 110 valence electrons. The molecule has 0 N–H and O–H groups in total. The number of hydrogen-bond acceptors (Lipinski definition) is 6. The maximum Gasteiger partial charge on any atom is 0.339 e. The number of carbonyl (C=O) groups excluding carboxylic acids is 2. The SMILES string of the molecule is COC(=O)c1cnc2c(c1)c(C=O)nn2C1CCCCO1. The predicted molar refractivity (Wildman–Crippen MR) is 73.1 cm³/mol. The van der Waals surface area contributed by atoms with Gasteiger partial charge in [-0.05, 0) is 25.3 Å². The van der Waals surface area contributed by atoms with Crippen molar-refractivity contribution in [3.8, 4) is 0 Å². The number of fused-ring (bicyclic) bond motifs is 1. The van der Waals surface area contributed by atoms with Gasteiger partial charge in [-0.1, -0.05) is 0 Å². The van der Waals surface area contributed by atoms with Crippen molar-refractivity contribution in [3.63, 3.8) is 0 Å². The number of aromatic nitrogens is 3. The zero-order valence-corrected chi connectivity index (χ0v) is 11.6. The maximum absolute atomic E-state index is 11.6. The predicted octanol–water partition coefficient (Wildman–Crippen LogP) is 1.73. The Bertz CT molecular complexity index is 689. The van der Waals surface area contributed by atoms with Crippen LogP contribution in [-0.2, 0) is 9.47 Å². The molecule has 1 saturated heterocycles. The highest BCUT2D eigenvalue weighted by molar-refractivity contribution is 5.98. The molecule has 0 bridgehead atoms. The first-order valence-electron chi connectivity index (χ1n) is 6.78. The van der Waals surface area contributed by atoms with Crippen LogP contribution in [0.25, 0.3) is 11.0 Å². The van der Waals surface area contributed by atoms with Gasteiger partial charge < -0.3 is 9.47 Å². The zero-order chi connectivity index (χ0) is 14.8. The first-order valence-corrected chi connectivity index (χ1v) is 6.78. The molecule has 1 atom stereocenters. The molecular formula is C14H15N3O4. The lowest BCUT2D eigenvalue weighted by Gasteiger charge is -2.22. The third kappa shape index (κ3) is 2.40. The molecule has 0 aliphatic carbocycles. The van der Waals surface area contributed by atoms with Crippen molar-refractivity contribution in [2.75, 3.05) is 13.7 Å². The van der Waals surface area contributed by atoms with E-state index in [0.717, 1.165) is 19.3 Å². The van der Waals surface area contributed by atoms with E-state index in [2.05, 4.69) is 14.8 Å². The fraction of sp³-hybridized carbons (Fsp3) is 0.429. The van der Waals surface area contributed by atoms with Gasteiger partial charge in [-0.2, -0.15) is 5.10 Å². The van der Waals surface area contributed by atoms with E-state index >= 15 is 0 Å². The fourth-order valence-corrected chi connectivity index (χ4v) is 2.48. The van der Waals surface area contributed by atoms with Crippen LogP contribution < -0.4 is 0 Å². The van der Waals surface area contributed by atoms with E-state index in [1.54, 1.807) is 10.7 Å². The second-order valence-electron chi connectivity index (χ2n) is 4.86. The molecule has 7 heteroatoms. The molecule has 1 aliphatic heterocycles. The summed E-state index contributed by atoms with van der Waals surface area (Å²) in [6.07, 6.45) is 4.76. The van der Waals surface area contributed by atoms with E-state index in [1.165, 1.54) is 13.3 Å². The van der Waals surface area contributed by atoms with Gasteiger partial charge in [0.05, 0.1) is 18.1 Å². The van der Waals surface area contributed by atoms with Gasteiger partial charge in [0.1, 0.15) is 5.69 Å². The van der Waals surface area contributed by atoms with Crippen LogP contribution in [0.1, 0.15) is 46.3 Å². The lowest BCUT2D eigenvalue weighted by molar-refractivity contribution is -0.0370. The van der Waals surface area contributed by atoms with Crippen LogP contribution in [0.5, 0.6) is 0 Å². The van der Waals surface area contributed by atoms with Gasteiger partial charge in [0.15, 0.2) is 18.2 Å². The van der Waals surface area contributed by atoms with Gasteiger partial charge in [0, 0.05) is 12.8 Å². The molecule has 2 aromatic rings. The third-order valence-corrected chi connectivity index (χ3v) is 3.54. The highest BCUT2D eigenvalue weighted by Crippen LogP contribution is 2.27. The fourth-order valence-electron chi connectivity index (χ4n) is 2.48. The number of pyridine rings is 1. The molecule has 1 fully saturated rings. The van der Waals surface area contributed by atoms with Crippen LogP contribution in [0, 0.1) is 0 Å². The minimum Gasteiger partial charge on any atom is -0.465 e. The lowest BCUT2D eigenvalue weighted by atomic mass is 10.2. The molecule has 7 nitrogen and oxygen atoms in total. The van der Waals surface area contributed by atoms with Crippen molar-refractivity contribution in [2.24, 2.45) is 0 Å². The Hall–Kier alpha value is -2.28. The molecule has 0 amide bonds. The first kappa shape index (κ1) is 13.7.